The zero-order valence-electron chi connectivity index (χ0n) is 15.1. The smallest absolute Gasteiger partial charge is 0.271 e. The molecule has 0 unspecified atom stereocenters. The number of nitrogens with one attached hydrogen (secondary N) is 1. The average Bonchev–Trinajstić information content (AvgIpc) is 3.20. The molecule has 2 aliphatic rings. The second-order valence-electron chi connectivity index (χ2n) is 6.35. The van der Waals surface area contributed by atoms with Gasteiger partial charge in [-0.15, -0.1) is 0 Å². The number of amides is 1. The van der Waals surface area contributed by atoms with Crippen LogP contribution in [0.4, 0.5) is 5.69 Å². The summed E-state index contributed by atoms with van der Waals surface area (Å²) in [6.07, 6.45) is 0. The predicted octanol–water partition coefficient (Wildman–Crippen LogP) is 2.41. The van der Waals surface area contributed by atoms with Crippen molar-refractivity contribution in [2.24, 2.45) is 5.10 Å². The third kappa shape index (κ3) is 3.88. The maximum Gasteiger partial charge on any atom is 0.271 e. The second-order valence-corrected chi connectivity index (χ2v) is 6.35. The van der Waals surface area contributed by atoms with E-state index in [0.29, 0.717) is 17.1 Å². The van der Waals surface area contributed by atoms with Crippen molar-refractivity contribution in [2.45, 2.75) is 6.92 Å². The van der Waals surface area contributed by atoms with Gasteiger partial charge in [-0.3, -0.25) is 4.79 Å². The van der Waals surface area contributed by atoms with Gasteiger partial charge >= 0.3 is 0 Å². The van der Waals surface area contributed by atoms with Crippen molar-refractivity contribution < 1.29 is 19.0 Å². The molecule has 1 N–H and O–H groups in total. The van der Waals surface area contributed by atoms with Gasteiger partial charge < -0.3 is 19.1 Å². The van der Waals surface area contributed by atoms with Crippen molar-refractivity contribution >= 4 is 17.3 Å². The highest BCUT2D eigenvalue weighted by Gasteiger charge is 2.16. The molecule has 2 aliphatic heterocycles. The van der Waals surface area contributed by atoms with Gasteiger partial charge in [0.2, 0.25) is 6.79 Å². The maximum absolute atomic E-state index is 12.3. The second kappa shape index (κ2) is 7.67. The first kappa shape index (κ1) is 17.4. The lowest BCUT2D eigenvalue weighted by Gasteiger charge is -2.28. The molecule has 7 nitrogen and oxygen atoms in total. The van der Waals surface area contributed by atoms with Crippen molar-refractivity contribution in [3.05, 3.63) is 53.6 Å². The van der Waals surface area contributed by atoms with Crippen LogP contribution in [0, 0.1) is 0 Å². The van der Waals surface area contributed by atoms with E-state index in [1.54, 1.807) is 18.2 Å². The Hall–Kier alpha value is -3.06. The van der Waals surface area contributed by atoms with E-state index in [1.807, 2.05) is 19.1 Å². The number of ether oxygens (including phenoxy) is 3. The number of morpholine rings is 1. The van der Waals surface area contributed by atoms with E-state index in [9.17, 15) is 4.79 Å². The lowest BCUT2D eigenvalue weighted by atomic mass is 10.1. The highest BCUT2D eigenvalue weighted by Crippen LogP contribution is 2.32. The van der Waals surface area contributed by atoms with Gasteiger partial charge in [0.1, 0.15) is 0 Å². The molecule has 1 saturated heterocycles. The van der Waals surface area contributed by atoms with Gasteiger partial charge in [0.25, 0.3) is 5.91 Å². The molecule has 7 heteroatoms. The number of hydrogen-bond donors (Lipinski definition) is 1. The SMILES string of the molecule is C/C(=N/NC(=O)c1ccc2c(c1)OCO2)c1ccc(N2CCOCC2)cc1. The minimum atomic E-state index is -0.294. The Bertz CT molecular complexity index is 858. The minimum Gasteiger partial charge on any atom is -0.454 e. The molecule has 2 aromatic carbocycles. The third-order valence-corrected chi connectivity index (χ3v) is 4.62. The standard InChI is InChI=1S/C20H21N3O4/c1-14(15-2-5-17(6-3-15)23-8-10-25-11-9-23)21-22-20(24)16-4-7-18-19(12-16)27-13-26-18/h2-7,12H,8-11,13H2,1H3,(H,22,24)/b21-14-. The Kier molecular flexibility index (Phi) is 4.93. The zero-order valence-corrected chi connectivity index (χ0v) is 15.1. The molecule has 27 heavy (non-hydrogen) atoms. The Morgan fingerprint density at radius 3 is 2.48 bits per heavy atom. The number of hydrazone groups is 1. The molecule has 1 fully saturated rings. The molecule has 0 radical (unpaired) electrons. The molecule has 0 saturated carbocycles. The van der Waals surface area contributed by atoms with E-state index in [2.05, 4.69) is 27.6 Å². The Balaban J connectivity index is 1.40. The fourth-order valence-corrected chi connectivity index (χ4v) is 3.04. The Morgan fingerprint density at radius 2 is 1.70 bits per heavy atom. The number of carbonyl (C=O) groups excluding carboxylic acids is 1. The van der Waals surface area contributed by atoms with Gasteiger partial charge in [0.05, 0.1) is 18.9 Å². The van der Waals surface area contributed by atoms with Crippen LogP contribution in [0.3, 0.4) is 0 Å². The largest absolute Gasteiger partial charge is 0.454 e. The molecule has 2 aromatic rings. The molecule has 4 rings (SSSR count). The van der Waals surface area contributed by atoms with Gasteiger partial charge in [0, 0.05) is 24.3 Å². The molecule has 2 heterocycles. The zero-order chi connectivity index (χ0) is 18.6. The Labute approximate surface area is 157 Å². The summed E-state index contributed by atoms with van der Waals surface area (Å²) in [4.78, 5) is 14.6. The molecule has 0 aromatic heterocycles. The number of hydrogen-bond acceptors (Lipinski definition) is 6. The number of anilines is 1. The summed E-state index contributed by atoms with van der Waals surface area (Å²) in [5, 5.41) is 4.22. The fourth-order valence-electron chi connectivity index (χ4n) is 3.04. The highest BCUT2D eigenvalue weighted by molar-refractivity contribution is 6.01. The summed E-state index contributed by atoms with van der Waals surface area (Å²) in [5.74, 6) is 0.922. The molecular formula is C20H21N3O4. The Morgan fingerprint density at radius 1 is 1.00 bits per heavy atom. The first-order valence-corrected chi connectivity index (χ1v) is 8.88. The summed E-state index contributed by atoms with van der Waals surface area (Å²) >= 11 is 0. The lowest BCUT2D eigenvalue weighted by Crippen LogP contribution is -2.36. The quantitative estimate of drug-likeness (QED) is 0.664. The van der Waals surface area contributed by atoms with Crippen LogP contribution in [0.2, 0.25) is 0 Å². The minimum absolute atomic E-state index is 0.179. The summed E-state index contributed by atoms with van der Waals surface area (Å²) in [7, 11) is 0. The summed E-state index contributed by atoms with van der Waals surface area (Å²) < 4.78 is 15.9. The summed E-state index contributed by atoms with van der Waals surface area (Å²) in [5.41, 5.74) is 5.92. The van der Waals surface area contributed by atoms with Gasteiger partial charge in [-0.25, -0.2) is 5.43 Å². The molecule has 0 aliphatic carbocycles. The third-order valence-electron chi connectivity index (χ3n) is 4.62. The molecule has 0 atom stereocenters. The van der Waals surface area contributed by atoms with Crippen LogP contribution in [0.15, 0.2) is 47.6 Å². The van der Waals surface area contributed by atoms with Crippen LogP contribution in [0.25, 0.3) is 0 Å². The first-order valence-electron chi connectivity index (χ1n) is 8.88. The molecule has 0 bridgehead atoms. The number of rotatable bonds is 4. The van der Waals surface area contributed by atoms with Gasteiger partial charge in [0.15, 0.2) is 11.5 Å². The van der Waals surface area contributed by atoms with Crippen molar-refractivity contribution in [1.29, 1.82) is 0 Å². The van der Waals surface area contributed by atoms with Crippen LogP contribution >= 0.6 is 0 Å². The number of fused-ring (bicyclic) bond motifs is 1. The number of nitrogens with zero attached hydrogens (tertiary/aromatic N) is 2. The van der Waals surface area contributed by atoms with Crippen LogP contribution in [-0.2, 0) is 4.74 Å². The van der Waals surface area contributed by atoms with E-state index < -0.39 is 0 Å². The van der Waals surface area contributed by atoms with E-state index in [1.165, 1.54) is 5.69 Å². The number of benzene rings is 2. The van der Waals surface area contributed by atoms with Crippen LogP contribution in [0.1, 0.15) is 22.8 Å². The van der Waals surface area contributed by atoms with Gasteiger partial charge in [-0.05, 0) is 42.8 Å². The molecule has 140 valence electrons. The summed E-state index contributed by atoms with van der Waals surface area (Å²) in [6, 6.07) is 13.2. The molecular weight excluding hydrogens is 346 g/mol. The number of carbonyl (C=O) groups is 1. The lowest BCUT2D eigenvalue weighted by molar-refractivity contribution is 0.0954. The summed E-state index contributed by atoms with van der Waals surface area (Å²) in [6.45, 7) is 5.36. The van der Waals surface area contributed by atoms with Crippen molar-refractivity contribution in [3.63, 3.8) is 0 Å². The fraction of sp³-hybridized carbons (Fsp3) is 0.300. The van der Waals surface area contributed by atoms with E-state index >= 15 is 0 Å². The topological polar surface area (TPSA) is 72.4 Å². The van der Waals surface area contributed by atoms with Crippen LogP contribution in [-0.4, -0.2) is 44.7 Å². The van der Waals surface area contributed by atoms with Crippen molar-refractivity contribution in [2.75, 3.05) is 38.0 Å². The average molecular weight is 367 g/mol. The van der Waals surface area contributed by atoms with E-state index in [-0.39, 0.29) is 12.7 Å². The highest BCUT2D eigenvalue weighted by atomic mass is 16.7. The maximum atomic E-state index is 12.3. The van der Waals surface area contributed by atoms with E-state index in [4.69, 9.17) is 14.2 Å². The monoisotopic (exact) mass is 367 g/mol. The van der Waals surface area contributed by atoms with Crippen LogP contribution < -0.4 is 19.8 Å². The molecule has 0 spiro atoms. The van der Waals surface area contributed by atoms with Crippen LogP contribution in [0.5, 0.6) is 11.5 Å². The molecule has 1 amide bonds. The van der Waals surface area contributed by atoms with Gasteiger partial charge in [-0.1, -0.05) is 12.1 Å². The van der Waals surface area contributed by atoms with Crippen molar-refractivity contribution in [1.82, 2.24) is 5.43 Å². The normalized spacial score (nSPS) is 16.3. The first-order chi connectivity index (χ1) is 13.2. The van der Waals surface area contributed by atoms with E-state index in [0.717, 1.165) is 37.6 Å². The predicted molar refractivity (Wildman–Crippen MR) is 102 cm³/mol. The van der Waals surface area contributed by atoms with Crippen molar-refractivity contribution in [3.8, 4) is 11.5 Å². The van der Waals surface area contributed by atoms with Gasteiger partial charge in [-0.2, -0.15) is 5.10 Å².